The molecule has 0 radical (unpaired) electrons. The Kier molecular flexibility index (Phi) is 3.26. The summed E-state index contributed by atoms with van der Waals surface area (Å²) in [5.74, 6) is 0. The zero-order valence-corrected chi connectivity index (χ0v) is 13.3. The Morgan fingerprint density at radius 3 is 1.41 bits per heavy atom. The molecule has 4 aromatic rings. The van der Waals surface area contributed by atoms with Gasteiger partial charge in [-0.3, -0.25) is 0 Å². The molecule has 0 amide bonds. The zero-order chi connectivity index (χ0) is 14.9. The van der Waals surface area contributed by atoms with Gasteiger partial charge in [0.05, 0.1) is 0 Å². The molecule has 0 aliphatic carbocycles. The van der Waals surface area contributed by atoms with Crippen LogP contribution in [0, 0.1) is 0 Å². The molecule has 0 fully saturated rings. The molecule has 2 heteroatoms. The van der Waals surface area contributed by atoms with Gasteiger partial charge in [0.1, 0.15) is 0 Å². The highest BCUT2D eigenvalue weighted by molar-refractivity contribution is 6.82. The van der Waals surface area contributed by atoms with Crippen LogP contribution >= 0.6 is 0 Å². The summed E-state index contributed by atoms with van der Waals surface area (Å²) < 4.78 is 0. The molecule has 0 aromatic heterocycles. The molecule has 0 aliphatic rings. The van der Waals surface area contributed by atoms with E-state index in [0.717, 1.165) is 21.1 Å². The number of hydrogen-bond donors (Lipinski definition) is 1. The maximum Gasteiger partial charge on any atom is 0.237 e. The van der Waals surface area contributed by atoms with Gasteiger partial charge in [-0.1, -0.05) is 84.9 Å². The molecule has 0 saturated heterocycles. The Morgan fingerprint density at radius 1 is 0.500 bits per heavy atom. The van der Waals surface area contributed by atoms with Crippen molar-refractivity contribution < 1.29 is 4.80 Å². The second-order valence-corrected chi connectivity index (χ2v) is 7.59. The van der Waals surface area contributed by atoms with Crippen LogP contribution in [0.25, 0.3) is 21.5 Å². The van der Waals surface area contributed by atoms with Gasteiger partial charge >= 0.3 is 0 Å². The summed E-state index contributed by atoms with van der Waals surface area (Å²) in [6.45, 7) is 0. The van der Waals surface area contributed by atoms with Gasteiger partial charge in [0.25, 0.3) is 0 Å². The van der Waals surface area contributed by atoms with E-state index in [1.165, 1.54) is 10.8 Å². The molecule has 1 nitrogen and oxygen atoms in total. The number of fused-ring (bicyclic) bond motifs is 2. The first kappa shape index (κ1) is 13.3. The Balaban J connectivity index is 1.94. The fourth-order valence-electron chi connectivity index (χ4n) is 3.15. The standard InChI is InChI=1S/C20H16OSi/c21-22(19-13-5-9-15-7-1-3-11-17(15)19)20-14-6-10-16-8-2-4-12-18(16)20/h1-14,21-22H. The summed E-state index contributed by atoms with van der Waals surface area (Å²) in [6, 6.07) is 29.0. The number of rotatable bonds is 2. The van der Waals surface area contributed by atoms with Crippen molar-refractivity contribution in [2.45, 2.75) is 0 Å². The normalized spacial score (nSPS) is 11.4. The van der Waals surface area contributed by atoms with Crippen molar-refractivity contribution in [3.8, 4) is 0 Å². The van der Waals surface area contributed by atoms with Gasteiger partial charge in [0, 0.05) is 0 Å². The smallest absolute Gasteiger partial charge is 0.237 e. The predicted molar refractivity (Wildman–Crippen MR) is 96.5 cm³/mol. The Bertz CT molecular complexity index is 872. The van der Waals surface area contributed by atoms with E-state index in [-0.39, 0.29) is 0 Å². The van der Waals surface area contributed by atoms with E-state index in [0.29, 0.717) is 0 Å². The molecule has 106 valence electrons. The molecule has 0 aliphatic heterocycles. The molecular weight excluding hydrogens is 284 g/mol. The Hall–Kier alpha value is -2.42. The number of benzene rings is 4. The number of hydrogen-bond acceptors (Lipinski definition) is 1. The summed E-state index contributed by atoms with van der Waals surface area (Å²) in [5.41, 5.74) is 0. The minimum atomic E-state index is -2.22. The molecule has 4 rings (SSSR count). The summed E-state index contributed by atoms with van der Waals surface area (Å²) >= 11 is 0. The van der Waals surface area contributed by atoms with E-state index in [1.54, 1.807) is 0 Å². The quantitative estimate of drug-likeness (QED) is 0.564. The first-order valence-corrected chi connectivity index (χ1v) is 9.15. The van der Waals surface area contributed by atoms with Crippen molar-refractivity contribution in [3.63, 3.8) is 0 Å². The van der Waals surface area contributed by atoms with Crippen molar-refractivity contribution >= 4 is 41.0 Å². The van der Waals surface area contributed by atoms with Crippen LogP contribution in [0.3, 0.4) is 0 Å². The highest BCUT2D eigenvalue weighted by atomic mass is 28.3. The maximum absolute atomic E-state index is 11.1. The van der Waals surface area contributed by atoms with Crippen LogP contribution in [0.4, 0.5) is 0 Å². The SMILES string of the molecule is O[SiH](c1cccc2ccccc12)c1cccc2ccccc12. The van der Waals surface area contributed by atoms with Crippen LogP contribution in [-0.4, -0.2) is 13.8 Å². The molecule has 0 unspecified atom stereocenters. The maximum atomic E-state index is 11.1. The molecule has 0 heterocycles. The van der Waals surface area contributed by atoms with E-state index in [9.17, 15) is 4.80 Å². The Labute approximate surface area is 131 Å². The zero-order valence-electron chi connectivity index (χ0n) is 12.1. The van der Waals surface area contributed by atoms with Crippen molar-refractivity contribution in [2.24, 2.45) is 0 Å². The van der Waals surface area contributed by atoms with Crippen LogP contribution in [0.15, 0.2) is 84.9 Å². The molecule has 22 heavy (non-hydrogen) atoms. The molecule has 4 aromatic carbocycles. The lowest BCUT2D eigenvalue weighted by atomic mass is 10.1. The second kappa shape index (κ2) is 5.41. The van der Waals surface area contributed by atoms with Gasteiger partial charge in [-0.15, -0.1) is 0 Å². The Morgan fingerprint density at radius 2 is 0.909 bits per heavy atom. The van der Waals surface area contributed by atoms with Crippen molar-refractivity contribution in [2.75, 3.05) is 0 Å². The average molecular weight is 300 g/mol. The monoisotopic (exact) mass is 300 g/mol. The molecule has 0 bridgehead atoms. The average Bonchev–Trinajstić information content (AvgIpc) is 2.60. The molecule has 0 atom stereocenters. The fraction of sp³-hybridized carbons (Fsp3) is 0. The third-order valence-electron chi connectivity index (χ3n) is 4.24. The van der Waals surface area contributed by atoms with Crippen molar-refractivity contribution in [1.29, 1.82) is 0 Å². The first-order valence-electron chi connectivity index (χ1n) is 7.48. The van der Waals surface area contributed by atoms with Gasteiger partial charge in [0.15, 0.2) is 0 Å². The second-order valence-electron chi connectivity index (χ2n) is 5.54. The van der Waals surface area contributed by atoms with Gasteiger partial charge in [-0.05, 0) is 31.9 Å². The van der Waals surface area contributed by atoms with E-state index >= 15 is 0 Å². The minimum absolute atomic E-state index is 1.09. The third kappa shape index (κ3) is 2.13. The van der Waals surface area contributed by atoms with Crippen LogP contribution in [0.2, 0.25) is 0 Å². The van der Waals surface area contributed by atoms with Crippen LogP contribution in [0.5, 0.6) is 0 Å². The summed E-state index contributed by atoms with van der Waals surface area (Å²) in [4.78, 5) is 11.1. The van der Waals surface area contributed by atoms with E-state index in [2.05, 4.69) is 48.5 Å². The fourth-order valence-corrected chi connectivity index (χ4v) is 5.18. The highest BCUT2D eigenvalue weighted by Crippen LogP contribution is 2.14. The highest BCUT2D eigenvalue weighted by Gasteiger charge is 2.18. The van der Waals surface area contributed by atoms with E-state index in [4.69, 9.17) is 0 Å². The lowest BCUT2D eigenvalue weighted by molar-refractivity contribution is 0.601. The summed E-state index contributed by atoms with van der Waals surface area (Å²) in [7, 11) is -2.22. The van der Waals surface area contributed by atoms with Gasteiger partial charge in [-0.2, -0.15) is 0 Å². The molecule has 0 spiro atoms. The van der Waals surface area contributed by atoms with Gasteiger partial charge in [0.2, 0.25) is 9.04 Å². The first-order chi connectivity index (χ1) is 10.8. The van der Waals surface area contributed by atoms with E-state index in [1.807, 2.05) is 36.4 Å². The molecule has 1 N–H and O–H groups in total. The topological polar surface area (TPSA) is 20.2 Å². The van der Waals surface area contributed by atoms with Crippen LogP contribution in [-0.2, 0) is 0 Å². The summed E-state index contributed by atoms with van der Waals surface area (Å²) in [5, 5.41) is 6.89. The van der Waals surface area contributed by atoms with Crippen molar-refractivity contribution in [1.82, 2.24) is 0 Å². The van der Waals surface area contributed by atoms with Crippen molar-refractivity contribution in [3.05, 3.63) is 84.9 Å². The van der Waals surface area contributed by atoms with Crippen LogP contribution < -0.4 is 10.4 Å². The minimum Gasteiger partial charge on any atom is -0.426 e. The molecule has 0 saturated carbocycles. The summed E-state index contributed by atoms with van der Waals surface area (Å²) in [6.07, 6.45) is 0. The lowest BCUT2D eigenvalue weighted by Crippen LogP contribution is -2.43. The van der Waals surface area contributed by atoms with Crippen LogP contribution in [0.1, 0.15) is 0 Å². The van der Waals surface area contributed by atoms with E-state index < -0.39 is 9.04 Å². The largest absolute Gasteiger partial charge is 0.426 e. The molecular formula is C20H16OSi. The lowest BCUT2D eigenvalue weighted by Gasteiger charge is -2.14. The predicted octanol–water partition coefficient (Wildman–Crippen LogP) is 2.82. The van der Waals surface area contributed by atoms with Gasteiger partial charge < -0.3 is 4.80 Å². The third-order valence-corrected chi connectivity index (χ3v) is 6.42. The van der Waals surface area contributed by atoms with Gasteiger partial charge in [-0.25, -0.2) is 0 Å².